The first kappa shape index (κ1) is 12.7. The zero-order valence-electron chi connectivity index (χ0n) is 11.2. The normalized spacial score (nSPS) is 37.1. The first-order valence-electron chi connectivity index (χ1n) is 6.42. The van der Waals surface area contributed by atoms with E-state index in [9.17, 15) is 9.90 Å². The lowest BCUT2D eigenvalue weighted by atomic mass is 9.88. The van der Waals surface area contributed by atoms with Crippen LogP contribution >= 0.6 is 0 Å². The standard InChI is InChI=1S/C13H23NO3/c1-12(2,3)17-11(15)14-9-5-6-10(14)8-13(4,16)7-9/h9-10,16H,5-8H2,1-4H3/t9-,10+,13-. The monoisotopic (exact) mass is 241 g/mol. The summed E-state index contributed by atoms with van der Waals surface area (Å²) in [5, 5.41) is 10.1. The second-order valence-electron chi connectivity index (χ2n) is 6.68. The molecule has 4 heteroatoms. The zero-order valence-corrected chi connectivity index (χ0v) is 11.2. The quantitative estimate of drug-likeness (QED) is 0.708. The molecule has 1 N–H and O–H groups in total. The minimum atomic E-state index is -0.621. The Kier molecular flexibility index (Phi) is 2.89. The van der Waals surface area contributed by atoms with Crippen molar-refractivity contribution < 1.29 is 14.6 Å². The molecule has 0 aromatic rings. The van der Waals surface area contributed by atoms with E-state index >= 15 is 0 Å². The first-order chi connectivity index (χ1) is 7.68. The van der Waals surface area contributed by atoms with Crippen LogP contribution in [-0.2, 0) is 4.74 Å². The number of hydrogen-bond donors (Lipinski definition) is 1. The fourth-order valence-corrected chi connectivity index (χ4v) is 3.07. The number of carbonyl (C=O) groups is 1. The van der Waals surface area contributed by atoms with Gasteiger partial charge in [0.1, 0.15) is 5.60 Å². The van der Waals surface area contributed by atoms with E-state index < -0.39 is 11.2 Å². The summed E-state index contributed by atoms with van der Waals surface area (Å²) >= 11 is 0. The summed E-state index contributed by atoms with van der Waals surface area (Å²) < 4.78 is 5.43. The van der Waals surface area contributed by atoms with Crippen molar-refractivity contribution in [1.82, 2.24) is 4.90 Å². The van der Waals surface area contributed by atoms with Gasteiger partial charge in [0.2, 0.25) is 0 Å². The van der Waals surface area contributed by atoms with Gasteiger partial charge in [0.05, 0.1) is 5.60 Å². The molecule has 0 aromatic heterocycles. The van der Waals surface area contributed by atoms with E-state index in [4.69, 9.17) is 4.74 Å². The van der Waals surface area contributed by atoms with Gasteiger partial charge in [-0.1, -0.05) is 0 Å². The van der Waals surface area contributed by atoms with Gasteiger partial charge in [-0.15, -0.1) is 0 Å². The van der Waals surface area contributed by atoms with E-state index in [2.05, 4.69) is 0 Å². The Labute approximate surface area is 103 Å². The molecule has 2 heterocycles. The number of hydrogen-bond acceptors (Lipinski definition) is 3. The summed E-state index contributed by atoms with van der Waals surface area (Å²) in [5.74, 6) is 0. The number of fused-ring (bicyclic) bond motifs is 2. The van der Waals surface area contributed by atoms with Gasteiger partial charge in [0, 0.05) is 12.1 Å². The van der Waals surface area contributed by atoms with Crippen molar-refractivity contribution in [2.45, 2.75) is 76.7 Å². The average molecular weight is 241 g/mol. The molecule has 3 atom stereocenters. The SMILES string of the molecule is CC(C)(C)OC(=O)N1[C@@H]2CC[C@H]1C[C@](C)(O)C2. The van der Waals surface area contributed by atoms with Gasteiger partial charge in [-0.05, 0) is 53.4 Å². The fourth-order valence-electron chi connectivity index (χ4n) is 3.07. The second-order valence-corrected chi connectivity index (χ2v) is 6.68. The van der Waals surface area contributed by atoms with Crippen molar-refractivity contribution in [2.24, 2.45) is 0 Å². The topological polar surface area (TPSA) is 49.8 Å². The van der Waals surface area contributed by atoms with Crippen LogP contribution in [0.1, 0.15) is 53.4 Å². The molecule has 0 spiro atoms. The maximum atomic E-state index is 12.1. The van der Waals surface area contributed by atoms with Crippen molar-refractivity contribution in [3.63, 3.8) is 0 Å². The molecule has 4 nitrogen and oxygen atoms in total. The number of nitrogens with zero attached hydrogens (tertiary/aromatic N) is 1. The number of aliphatic hydroxyl groups is 1. The molecule has 98 valence electrons. The van der Waals surface area contributed by atoms with E-state index in [1.807, 2.05) is 32.6 Å². The Morgan fingerprint density at radius 3 is 2.18 bits per heavy atom. The van der Waals surface area contributed by atoms with Gasteiger partial charge in [-0.3, -0.25) is 0 Å². The van der Waals surface area contributed by atoms with Crippen LogP contribution in [0.2, 0.25) is 0 Å². The predicted molar refractivity (Wildman–Crippen MR) is 64.7 cm³/mol. The van der Waals surface area contributed by atoms with Gasteiger partial charge in [-0.2, -0.15) is 0 Å². The largest absolute Gasteiger partial charge is 0.444 e. The molecule has 2 aliphatic heterocycles. The Hall–Kier alpha value is -0.770. The van der Waals surface area contributed by atoms with E-state index in [0.717, 1.165) is 12.8 Å². The number of rotatable bonds is 0. The summed E-state index contributed by atoms with van der Waals surface area (Å²) in [4.78, 5) is 14.0. The van der Waals surface area contributed by atoms with E-state index in [-0.39, 0.29) is 18.2 Å². The summed E-state index contributed by atoms with van der Waals surface area (Å²) in [6.07, 6.45) is 3.09. The van der Waals surface area contributed by atoms with Crippen molar-refractivity contribution in [3.05, 3.63) is 0 Å². The molecule has 0 aliphatic carbocycles. The Bertz CT molecular complexity index is 303. The lowest BCUT2D eigenvalue weighted by Gasteiger charge is -2.42. The second kappa shape index (κ2) is 3.87. The van der Waals surface area contributed by atoms with Crippen LogP contribution in [0.15, 0.2) is 0 Å². The van der Waals surface area contributed by atoms with Crippen LogP contribution in [0.4, 0.5) is 4.79 Å². The highest BCUT2D eigenvalue weighted by Gasteiger charge is 2.48. The molecule has 0 aromatic carbocycles. The molecule has 2 fully saturated rings. The van der Waals surface area contributed by atoms with Gasteiger partial charge in [0.15, 0.2) is 0 Å². The van der Waals surface area contributed by atoms with Crippen LogP contribution in [0.5, 0.6) is 0 Å². The molecule has 17 heavy (non-hydrogen) atoms. The van der Waals surface area contributed by atoms with E-state index in [0.29, 0.717) is 12.8 Å². The van der Waals surface area contributed by atoms with Crippen LogP contribution in [0.25, 0.3) is 0 Å². The smallest absolute Gasteiger partial charge is 0.410 e. The van der Waals surface area contributed by atoms with Crippen LogP contribution in [-0.4, -0.2) is 39.4 Å². The number of amides is 1. The van der Waals surface area contributed by atoms with Gasteiger partial charge in [0.25, 0.3) is 0 Å². The maximum Gasteiger partial charge on any atom is 0.410 e. The Morgan fingerprint density at radius 2 is 1.76 bits per heavy atom. The molecule has 0 unspecified atom stereocenters. The average Bonchev–Trinajstić information content (AvgIpc) is 2.35. The van der Waals surface area contributed by atoms with Gasteiger partial charge in [-0.25, -0.2) is 4.79 Å². The highest BCUT2D eigenvalue weighted by molar-refractivity contribution is 5.69. The van der Waals surface area contributed by atoms with E-state index in [1.54, 1.807) is 0 Å². The third kappa shape index (κ3) is 2.73. The number of ether oxygens (including phenoxy) is 1. The highest BCUT2D eigenvalue weighted by atomic mass is 16.6. The fraction of sp³-hybridized carbons (Fsp3) is 0.923. The molecular weight excluding hydrogens is 218 g/mol. The molecule has 0 saturated carbocycles. The number of piperidine rings is 1. The predicted octanol–water partition coefficient (Wildman–Crippen LogP) is 2.30. The summed E-state index contributed by atoms with van der Waals surface area (Å²) in [5.41, 5.74) is -1.07. The third-order valence-electron chi connectivity index (χ3n) is 3.57. The van der Waals surface area contributed by atoms with Gasteiger partial charge < -0.3 is 14.7 Å². The van der Waals surface area contributed by atoms with Crippen LogP contribution in [0, 0.1) is 0 Å². The van der Waals surface area contributed by atoms with Crippen molar-refractivity contribution in [3.8, 4) is 0 Å². The lowest BCUT2D eigenvalue weighted by Crippen LogP contribution is -2.53. The van der Waals surface area contributed by atoms with Crippen molar-refractivity contribution >= 4 is 6.09 Å². The van der Waals surface area contributed by atoms with Gasteiger partial charge >= 0.3 is 6.09 Å². The molecule has 1 amide bonds. The zero-order chi connectivity index (χ0) is 12.8. The highest BCUT2D eigenvalue weighted by Crippen LogP contribution is 2.41. The minimum Gasteiger partial charge on any atom is -0.444 e. The molecular formula is C13H23NO3. The third-order valence-corrected chi connectivity index (χ3v) is 3.57. The van der Waals surface area contributed by atoms with Crippen molar-refractivity contribution in [2.75, 3.05) is 0 Å². The number of carbonyl (C=O) groups excluding carboxylic acids is 1. The molecule has 0 radical (unpaired) electrons. The molecule has 2 saturated heterocycles. The molecule has 2 rings (SSSR count). The Balaban J connectivity index is 2.07. The van der Waals surface area contributed by atoms with Crippen LogP contribution in [0.3, 0.4) is 0 Å². The minimum absolute atomic E-state index is 0.151. The summed E-state index contributed by atoms with van der Waals surface area (Å²) in [6, 6.07) is 0.303. The molecule has 2 bridgehead atoms. The first-order valence-corrected chi connectivity index (χ1v) is 6.42. The molecule has 2 aliphatic rings. The lowest BCUT2D eigenvalue weighted by molar-refractivity contribution is -0.0483. The Morgan fingerprint density at radius 1 is 1.29 bits per heavy atom. The maximum absolute atomic E-state index is 12.1. The summed E-state index contributed by atoms with van der Waals surface area (Å²) in [7, 11) is 0. The summed E-state index contributed by atoms with van der Waals surface area (Å²) in [6.45, 7) is 7.51. The van der Waals surface area contributed by atoms with Crippen molar-refractivity contribution in [1.29, 1.82) is 0 Å². The van der Waals surface area contributed by atoms with E-state index in [1.165, 1.54) is 0 Å². The van der Waals surface area contributed by atoms with Crippen LogP contribution < -0.4 is 0 Å².